The highest BCUT2D eigenvalue weighted by molar-refractivity contribution is 5.70. The molecule has 0 saturated heterocycles. The first-order valence-corrected chi connectivity index (χ1v) is 3.55. The molecule has 0 aliphatic carbocycles. The number of rotatable bonds is 3. The molecule has 0 bridgehead atoms. The summed E-state index contributed by atoms with van der Waals surface area (Å²) < 4.78 is 24.5. The molecule has 1 aromatic rings. The van der Waals surface area contributed by atoms with E-state index in [-0.39, 0.29) is 11.3 Å². The van der Waals surface area contributed by atoms with Gasteiger partial charge in [0, 0.05) is 11.8 Å². The lowest BCUT2D eigenvalue weighted by atomic mass is 10.1. The number of pyridine rings is 1. The minimum absolute atomic E-state index is 0.0787. The summed E-state index contributed by atoms with van der Waals surface area (Å²) in [6.07, 6.45) is -1.85. The van der Waals surface area contributed by atoms with E-state index in [1.807, 2.05) is 0 Å². The van der Waals surface area contributed by atoms with Gasteiger partial charge < -0.3 is 5.11 Å². The fourth-order valence-corrected chi connectivity index (χ4v) is 0.940. The predicted octanol–water partition coefficient (Wildman–Crippen LogP) is 1.65. The number of aromatic nitrogens is 1. The minimum Gasteiger partial charge on any atom is -0.481 e. The SMILES string of the molecule is O=C(O)Cc1ncccc1C(F)F. The van der Waals surface area contributed by atoms with Gasteiger partial charge in [-0.25, -0.2) is 8.78 Å². The van der Waals surface area contributed by atoms with E-state index < -0.39 is 18.8 Å². The predicted molar refractivity (Wildman–Crippen MR) is 40.5 cm³/mol. The Labute approximate surface area is 73.0 Å². The molecule has 0 amide bonds. The summed E-state index contributed by atoms with van der Waals surface area (Å²) in [5.74, 6) is -1.17. The smallest absolute Gasteiger partial charge is 0.309 e. The second-order valence-corrected chi connectivity index (χ2v) is 2.41. The molecule has 1 aromatic heterocycles. The van der Waals surface area contributed by atoms with Crippen LogP contribution in [0.4, 0.5) is 8.78 Å². The number of nitrogens with zero attached hydrogens (tertiary/aromatic N) is 1. The summed E-state index contributed by atoms with van der Waals surface area (Å²) in [6, 6.07) is 2.53. The summed E-state index contributed by atoms with van der Waals surface area (Å²) in [7, 11) is 0. The van der Waals surface area contributed by atoms with E-state index in [2.05, 4.69) is 4.98 Å². The van der Waals surface area contributed by atoms with E-state index in [0.29, 0.717) is 0 Å². The van der Waals surface area contributed by atoms with Crippen molar-refractivity contribution in [3.63, 3.8) is 0 Å². The fourth-order valence-electron chi connectivity index (χ4n) is 0.940. The Bertz CT molecular complexity index is 315. The molecule has 0 aliphatic rings. The molecule has 1 N–H and O–H groups in total. The van der Waals surface area contributed by atoms with E-state index in [1.54, 1.807) is 0 Å². The van der Waals surface area contributed by atoms with Crippen molar-refractivity contribution in [3.05, 3.63) is 29.6 Å². The standard InChI is InChI=1S/C8H7F2NO2/c9-8(10)5-2-1-3-11-6(5)4-7(12)13/h1-3,8H,4H2,(H,12,13). The van der Waals surface area contributed by atoms with Crippen LogP contribution in [0.5, 0.6) is 0 Å². The molecule has 0 radical (unpaired) electrons. The summed E-state index contributed by atoms with van der Waals surface area (Å²) in [5, 5.41) is 8.39. The Hall–Kier alpha value is -1.52. The number of hydrogen-bond donors (Lipinski definition) is 1. The molecular formula is C8H7F2NO2. The number of carbonyl (C=O) groups is 1. The lowest BCUT2D eigenvalue weighted by Gasteiger charge is -2.03. The molecule has 70 valence electrons. The molecule has 0 atom stereocenters. The average molecular weight is 187 g/mol. The van der Waals surface area contributed by atoms with Gasteiger partial charge in [0.1, 0.15) is 0 Å². The Kier molecular flexibility index (Phi) is 2.89. The van der Waals surface area contributed by atoms with Crippen LogP contribution in [0.15, 0.2) is 18.3 Å². The van der Waals surface area contributed by atoms with Gasteiger partial charge in [-0.1, -0.05) is 0 Å². The molecule has 1 rings (SSSR count). The number of carboxylic acid groups (broad SMARTS) is 1. The number of carboxylic acids is 1. The highest BCUT2D eigenvalue weighted by atomic mass is 19.3. The van der Waals surface area contributed by atoms with Crippen LogP contribution in [-0.4, -0.2) is 16.1 Å². The third-order valence-corrected chi connectivity index (χ3v) is 1.48. The van der Waals surface area contributed by atoms with Gasteiger partial charge in [-0.05, 0) is 12.1 Å². The molecule has 5 heteroatoms. The zero-order chi connectivity index (χ0) is 9.84. The van der Waals surface area contributed by atoms with Crippen molar-refractivity contribution >= 4 is 5.97 Å². The molecule has 0 aromatic carbocycles. The summed E-state index contributed by atoms with van der Waals surface area (Å²) in [4.78, 5) is 13.8. The number of alkyl halides is 2. The second-order valence-electron chi connectivity index (χ2n) is 2.41. The van der Waals surface area contributed by atoms with Gasteiger partial charge in [0.05, 0.1) is 12.1 Å². The van der Waals surface area contributed by atoms with Crippen LogP contribution in [0.3, 0.4) is 0 Å². The van der Waals surface area contributed by atoms with Gasteiger partial charge in [-0.2, -0.15) is 0 Å². The zero-order valence-electron chi connectivity index (χ0n) is 6.58. The lowest BCUT2D eigenvalue weighted by Crippen LogP contribution is -2.05. The summed E-state index contributed by atoms with van der Waals surface area (Å²) in [5.41, 5.74) is -0.394. The van der Waals surface area contributed by atoms with E-state index in [1.165, 1.54) is 18.3 Å². The van der Waals surface area contributed by atoms with Crippen LogP contribution in [0.2, 0.25) is 0 Å². The summed E-state index contributed by atoms with van der Waals surface area (Å²) in [6.45, 7) is 0. The Balaban J connectivity index is 2.97. The maximum atomic E-state index is 12.2. The van der Waals surface area contributed by atoms with Crippen LogP contribution >= 0.6 is 0 Å². The van der Waals surface area contributed by atoms with Crippen molar-refractivity contribution in [2.75, 3.05) is 0 Å². The monoisotopic (exact) mass is 187 g/mol. The van der Waals surface area contributed by atoms with E-state index in [4.69, 9.17) is 5.11 Å². The molecular weight excluding hydrogens is 180 g/mol. The van der Waals surface area contributed by atoms with Gasteiger partial charge in [0.15, 0.2) is 0 Å². The van der Waals surface area contributed by atoms with Crippen molar-refractivity contribution in [2.45, 2.75) is 12.8 Å². The maximum Gasteiger partial charge on any atom is 0.309 e. The van der Waals surface area contributed by atoms with Gasteiger partial charge >= 0.3 is 5.97 Å². The van der Waals surface area contributed by atoms with Crippen molar-refractivity contribution in [1.82, 2.24) is 4.98 Å². The first-order valence-electron chi connectivity index (χ1n) is 3.55. The number of hydrogen-bond acceptors (Lipinski definition) is 2. The first-order chi connectivity index (χ1) is 6.11. The highest BCUT2D eigenvalue weighted by Crippen LogP contribution is 2.21. The largest absolute Gasteiger partial charge is 0.481 e. The number of halogens is 2. The molecule has 0 saturated carbocycles. The van der Waals surface area contributed by atoms with Gasteiger partial charge in [0.25, 0.3) is 6.43 Å². The van der Waals surface area contributed by atoms with Gasteiger partial charge in [-0.15, -0.1) is 0 Å². The van der Waals surface area contributed by atoms with Gasteiger partial charge in [-0.3, -0.25) is 9.78 Å². The van der Waals surface area contributed by atoms with Crippen molar-refractivity contribution in [1.29, 1.82) is 0 Å². The molecule has 0 unspecified atom stereocenters. The molecule has 13 heavy (non-hydrogen) atoms. The normalized spacial score (nSPS) is 10.4. The van der Waals surface area contributed by atoms with E-state index >= 15 is 0 Å². The van der Waals surface area contributed by atoms with Crippen molar-refractivity contribution in [3.8, 4) is 0 Å². The van der Waals surface area contributed by atoms with E-state index in [9.17, 15) is 13.6 Å². The van der Waals surface area contributed by atoms with Crippen LogP contribution in [0, 0.1) is 0 Å². The van der Waals surface area contributed by atoms with Crippen LogP contribution in [-0.2, 0) is 11.2 Å². The molecule has 0 spiro atoms. The van der Waals surface area contributed by atoms with Crippen LogP contribution in [0.25, 0.3) is 0 Å². The number of aliphatic carboxylic acids is 1. The lowest BCUT2D eigenvalue weighted by molar-refractivity contribution is -0.136. The fraction of sp³-hybridized carbons (Fsp3) is 0.250. The van der Waals surface area contributed by atoms with Crippen molar-refractivity contribution in [2.24, 2.45) is 0 Å². The summed E-state index contributed by atoms with van der Waals surface area (Å²) >= 11 is 0. The quantitative estimate of drug-likeness (QED) is 0.782. The zero-order valence-corrected chi connectivity index (χ0v) is 6.58. The average Bonchev–Trinajstić information content (AvgIpc) is 2.03. The molecule has 0 fully saturated rings. The molecule has 0 aliphatic heterocycles. The Morgan fingerprint density at radius 1 is 1.62 bits per heavy atom. The Morgan fingerprint density at radius 3 is 2.85 bits per heavy atom. The Morgan fingerprint density at radius 2 is 2.31 bits per heavy atom. The molecule has 1 heterocycles. The van der Waals surface area contributed by atoms with E-state index in [0.717, 1.165) is 0 Å². The van der Waals surface area contributed by atoms with Crippen molar-refractivity contribution < 1.29 is 18.7 Å². The topological polar surface area (TPSA) is 50.2 Å². The third kappa shape index (κ3) is 2.47. The molecule has 3 nitrogen and oxygen atoms in total. The van der Waals surface area contributed by atoms with Crippen LogP contribution < -0.4 is 0 Å². The van der Waals surface area contributed by atoms with Crippen LogP contribution in [0.1, 0.15) is 17.7 Å². The minimum atomic E-state index is -2.68. The third-order valence-electron chi connectivity index (χ3n) is 1.48. The first kappa shape index (κ1) is 9.57. The second kappa shape index (κ2) is 3.93. The maximum absolute atomic E-state index is 12.2. The highest BCUT2D eigenvalue weighted by Gasteiger charge is 2.15. The van der Waals surface area contributed by atoms with Gasteiger partial charge in [0.2, 0.25) is 0 Å².